The molecule has 0 fully saturated rings. The van der Waals surface area contributed by atoms with Gasteiger partial charge in [0.05, 0.1) is 10.3 Å². The molecule has 2 rings (SSSR count). The lowest BCUT2D eigenvalue weighted by atomic mass is 9.96. The van der Waals surface area contributed by atoms with Gasteiger partial charge in [-0.1, -0.05) is 43.1 Å². The average molecular weight is 280 g/mol. The van der Waals surface area contributed by atoms with Crippen LogP contribution in [0.2, 0.25) is 4.34 Å². The molecule has 4 heteroatoms. The van der Waals surface area contributed by atoms with E-state index in [-0.39, 0.29) is 5.56 Å². The van der Waals surface area contributed by atoms with Crippen molar-refractivity contribution in [2.45, 2.75) is 19.8 Å². The largest absolute Gasteiger partial charge is 0.545 e. The number of hydrogen-bond acceptors (Lipinski definition) is 3. The first-order chi connectivity index (χ1) is 8.63. The number of hydrogen-bond donors (Lipinski definition) is 0. The lowest BCUT2D eigenvalue weighted by molar-refractivity contribution is -0.255. The minimum atomic E-state index is -1.12. The van der Waals surface area contributed by atoms with Crippen LogP contribution in [-0.2, 0) is 6.42 Å². The summed E-state index contributed by atoms with van der Waals surface area (Å²) in [6.45, 7) is 2.03. The van der Waals surface area contributed by atoms with Crippen molar-refractivity contribution in [3.8, 4) is 10.4 Å². The fourth-order valence-electron chi connectivity index (χ4n) is 1.99. The number of carbonyl (C=O) groups is 1. The molecule has 0 aliphatic carbocycles. The molecule has 1 aromatic carbocycles. The van der Waals surface area contributed by atoms with Crippen molar-refractivity contribution in [2.75, 3.05) is 0 Å². The van der Waals surface area contributed by atoms with Crippen LogP contribution in [0, 0.1) is 0 Å². The lowest BCUT2D eigenvalue weighted by Gasteiger charge is -2.14. The van der Waals surface area contributed by atoms with Crippen LogP contribution in [0.15, 0.2) is 30.3 Å². The summed E-state index contributed by atoms with van der Waals surface area (Å²) in [5, 5.41) is 11.2. The lowest BCUT2D eigenvalue weighted by Crippen LogP contribution is -2.24. The Morgan fingerprint density at radius 1 is 1.33 bits per heavy atom. The topological polar surface area (TPSA) is 40.1 Å². The molecular formula is C14H12ClO2S-. The molecule has 2 nitrogen and oxygen atoms in total. The highest BCUT2D eigenvalue weighted by molar-refractivity contribution is 7.19. The second kappa shape index (κ2) is 5.55. The molecule has 1 heterocycles. The summed E-state index contributed by atoms with van der Waals surface area (Å²) in [4.78, 5) is 12.1. The third-order valence-corrected chi connectivity index (χ3v) is 4.00. The number of benzene rings is 1. The Labute approximate surface area is 115 Å². The third kappa shape index (κ3) is 2.57. The number of carboxylic acids is 1. The maximum Gasteiger partial charge on any atom is 0.0934 e. The van der Waals surface area contributed by atoms with Crippen LogP contribution >= 0.6 is 22.9 Å². The fourth-order valence-corrected chi connectivity index (χ4v) is 3.08. The number of halogens is 1. The monoisotopic (exact) mass is 279 g/mol. The summed E-state index contributed by atoms with van der Waals surface area (Å²) in [7, 11) is 0. The minimum Gasteiger partial charge on any atom is -0.545 e. The Morgan fingerprint density at radius 2 is 2.11 bits per heavy atom. The first kappa shape index (κ1) is 13.1. The second-order valence-electron chi connectivity index (χ2n) is 3.97. The number of thiophene rings is 1. The molecule has 1 aromatic heterocycles. The van der Waals surface area contributed by atoms with E-state index in [9.17, 15) is 9.90 Å². The zero-order valence-corrected chi connectivity index (χ0v) is 11.5. The molecule has 0 unspecified atom stereocenters. The smallest absolute Gasteiger partial charge is 0.0934 e. The number of rotatable bonds is 4. The van der Waals surface area contributed by atoms with Gasteiger partial charge in [-0.05, 0) is 29.7 Å². The molecule has 2 aromatic rings. The highest BCUT2D eigenvalue weighted by Gasteiger charge is 2.11. The first-order valence-corrected chi connectivity index (χ1v) is 6.92. The summed E-state index contributed by atoms with van der Waals surface area (Å²) >= 11 is 7.39. The highest BCUT2D eigenvalue weighted by Crippen LogP contribution is 2.34. The van der Waals surface area contributed by atoms with E-state index < -0.39 is 5.97 Å². The molecular weight excluding hydrogens is 268 g/mol. The van der Waals surface area contributed by atoms with E-state index in [0.29, 0.717) is 4.34 Å². The third-order valence-electron chi connectivity index (χ3n) is 2.73. The minimum absolute atomic E-state index is 0.277. The zero-order valence-electron chi connectivity index (χ0n) is 9.90. The summed E-state index contributed by atoms with van der Waals surface area (Å²) in [6, 6.07) is 9.01. The summed E-state index contributed by atoms with van der Waals surface area (Å²) in [5.74, 6) is -1.12. The molecule has 0 saturated heterocycles. The van der Waals surface area contributed by atoms with E-state index in [2.05, 4.69) is 0 Å². The van der Waals surface area contributed by atoms with Crippen LogP contribution in [-0.4, -0.2) is 5.97 Å². The van der Waals surface area contributed by atoms with Gasteiger partial charge in [0.25, 0.3) is 0 Å². The molecule has 0 atom stereocenters. The Morgan fingerprint density at radius 3 is 2.67 bits per heavy atom. The molecule has 18 heavy (non-hydrogen) atoms. The maximum atomic E-state index is 11.2. The van der Waals surface area contributed by atoms with Gasteiger partial charge < -0.3 is 9.90 Å². The molecule has 0 N–H and O–H groups in total. The van der Waals surface area contributed by atoms with Gasteiger partial charge in [-0.25, -0.2) is 0 Å². The van der Waals surface area contributed by atoms with Gasteiger partial charge in [-0.15, -0.1) is 11.3 Å². The average Bonchev–Trinajstić information content (AvgIpc) is 2.76. The number of carboxylic acid groups (broad SMARTS) is 1. The van der Waals surface area contributed by atoms with Crippen molar-refractivity contribution >= 4 is 28.9 Å². The summed E-state index contributed by atoms with van der Waals surface area (Å²) in [5.41, 5.74) is 2.05. The molecule has 0 spiro atoms. The Balaban J connectivity index is 2.59. The van der Waals surface area contributed by atoms with Gasteiger partial charge in [-0.2, -0.15) is 0 Å². The zero-order chi connectivity index (χ0) is 13.1. The first-order valence-electron chi connectivity index (χ1n) is 5.72. The summed E-state index contributed by atoms with van der Waals surface area (Å²) in [6.07, 6.45) is 1.60. The highest BCUT2D eigenvalue weighted by atomic mass is 35.5. The van der Waals surface area contributed by atoms with E-state index in [0.717, 1.165) is 28.8 Å². The normalized spacial score (nSPS) is 10.6. The predicted molar refractivity (Wildman–Crippen MR) is 73.1 cm³/mol. The van der Waals surface area contributed by atoms with Crippen LogP contribution in [0.3, 0.4) is 0 Å². The van der Waals surface area contributed by atoms with Crippen molar-refractivity contribution in [1.29, 1.82) is 0 Å². The van der Waals surface area contributed by atoms with Gasteiger partial charge >= 0.3 is 0 Å². The van der Waals surface area contributed by atoms with Crippen molar-refractivity contribution in [3.05, 3.63) is 45.8 Å². The van der Waals surface area contributed by atoms with Crippen LogP contribution in [0.4, 0.5) is 0 Å². The standard InChI is InChI=1S/C14H13ClO2S/c1-2-4-9-10(12-7-8-13(15)18-12)5-3-6-11(9)14(16)17/h3,5-8H,2,4H2,1H3,(H,16,17)/p-1. The van der Waals surface area contributed by atoms with E-state index in [4.69, 9.17) is 11.6 Å². The van der Waals surface area contributed by atoms with Gasteiger partial charge in [-0.3, -0.25) is 0 Å². The Kier molecular flexibility index (Phi) is 4.04. The molecule has 94 valence electrons. The van der Waals surface area contributed by atoms with E-state index in [1.54, 1.807) is 12.1 Å². The Hall–Kier alpha value is -1.32. The Bertz CT molecular complexity index is 575. The molecule has 0 aliphatic rings. The fraction of sp³-hybridized carbons (Fsp3) is 0.214. The van der Waals surface area contributed by atoms with E-state index in [1.165, 1.54) is 11.3 Å². The SMILES string of the molecule is CCCc1c(C(=O)[O-])cccc1-c1ccc(Cl)s1. The number of aromatic carboxylic acids is 1. The van der Waals surface area contributed by atoms with Crippen molar-refractivity contribution < 1.29 is 9.90 Å². The van der Waals surface area contributed by atoms with Crippen LogP contribution in [0.5, 0.6) is 0 Å². The van der Waals surface area contributed by atoms with Gasteiger partial charge in [0.1, 0.15) is 0 Å². The molecule has 0 aliphatic heterocycles. The van der Waals surface area contributed by atoms with Gasteiger partial charge in [0, 0.05) is 10.4 Å². The summed E-state index contributed by atoms with van der Waals surface area (Å²) < 4.78 is 0.700. The van der Waals surface area contributed by atoms with Crippen molar-refractivity contribution in [3.63, 3.8) is 0 Å². The number of carbonyl (C=O) groups excluding carboxylic acids is 1. The van der Waals surface area contributed by atoms with Crippen LogP contribution < -0.4 is 5.11 Å². The van der Waals surface area contributed by atoms with Crippen molar-refractivity contribution in [2.24, 2.45) is 0 Å². The van der Waals surface area contributed by atoms with E-state index >= 15 is 0 Å². The van der Waals surface area contributed by atoms with Gasteiger partial charge in [0.2, 0.25) is 0 Å². The van der Waals surface area contributed by atoms with Crippen LogP contribution in [0.25, 0.3) is 10.4 Å². The van der Waals surface area contributed by atoms with E-state index in [1.807, 2.05) is 25.1 Å². The quantitative estimate of drug-likeness (QED) is 0.861. The van der Waals surface area contributed by atoms with Crippen LogP contribution in [0.1, 0.15) is 29.3 Å². The molecule has 0 saturated carbocycles. The predicted octanol–water partition coefficient (Wildman–Crippen LogP) is 3.38. The molecule has 0 radical (unpaired) electrons. The molecule has 0 amide bonds. The maximum absolute atomic E-state index is 11.2. The second-order valence-corrected chi connectivity index (χ2v) is 5.69. The molecule has 0 bridgehead atoms. The van der Waals surface area contributed by atoms with Gasteiger partial charge in [0.15, 0.2) is 0 Å². The van der Waals surface area contributed by atoms with Crippen molar-refractivity contribution in [1.82, 2.24) is 0 Å².